The minimum Gasteiger partial charge on any atom is -0.494 e. The van der Waals surface area contributed by atoms with Crippen LogP contribution in [0.3, 0.4) is 0 Å². The molecule has 1 aromatic heterocycles. The highest BCUT2D eigenvalue weighted by molar-refractivity contribution is 5.97. The number of aromatic nitrogens is 1. The van der Waals surface area contributed by atoms with Gasteiger partial charge < -0.3 is 30.8 Å². The molecule has 0 saturated carbocycles. The first-order chi connectivity index (χ1) is 15.0. The normalized spacial score (nSPS) is 18.5. The van der Waals surface area contributed by atoms with Crippen molar-refractivity contribution in [2.24, 2.45) is 11.5 Å². The third-order valence-electron chi connectivity index (χ3n) is 5.61. The summed E-state index contributed by atoms with van der Waals surface area (Å²) in [6.45, 7) is 1.65. The van der Waals surface area contributed by atoms with Gasteiger partial charge in [-0.15, -0.1) is 0 Å². The van der Waals surface area contributed by atoms with E-state index in [0.717, 1.165) is 17.3 Å². The molecular formula is C23H26N4O4. The van der Waals surface area contributed by atoms with Crippen LogP contribution in [0.15, 0.2) is 54.7 Å². The van der Waals surface area contributed by atoms with Crippen molar-refractivity contribution in [1.82, 2.24) is 9.47 Å². The Morgan fingerprint density at radius 1 is 1.10 bits per heavy atom. The van der Waals surface area contributed by atoms with Crippen LogP contribution in [0.1, 0.15) is 33.2 Å². The second kappa shape index (κ2) is 8.79. The molecule has 0 bridgehead atoms. The van der Waals surface area contributed by atoms with Gasteiger partial charge in [0.1, 0.15) is 5.75 Å². The summed E-state index contributed by atoms with van der Waals surface area (Å²) in [5, 5.41) is 11.6. The number of aliphatic hydroxyl groups excluding tert-OH is 1. The Morgan fingerprint density at radius 2 is 1.94 bits per heavy atom. The van der Waals surface area contributed by atoms with E-state index in [1.807, 2.05) is 22.9 Å². The maximum Gasteiger partial charge on any atom is 0.254 e. The summed E-state index contributed by atoms with van der Waals surface area (Å²) in [6, 6.07) is 13.9. The monoisotopic (exact) mass is 422 g/mol. The predicted molar refractivity (Wildman–Crippen MR) is 117 cm³/mol. The van der Waals surface area contributed by atoms with Gasteiger partial charge in [0.15, 0.2) is 0 Å². The maximum atomic E-state index is 13.1. The zero-order valence-electron chi connectivity index (χ0n) is 17.1. The molecule has 1 fully saturated rings. The Morgan fingerprint density at radius 3 is 2.71 bits per heavy atom. The van der Waals surface area contributed by atoms with Crippen LogP contribution in [0.2, 0.25) is 0 Å². The van der Waals surface area contributed by atoms with Crippen molar-refractivity contribution < 1.29 is 19.4 Å². The molecule has 2 aromatic carbocycles. The van der Waals surface area contributed by atoms with Crippen LogP contribution in [0, 0.1) is 0 Å². The zero-order valence-corrected chi connectivity index (χ0v) is 17.1. The van der Waals surface area contributed by atoms with E-state index < -0.39 is 12.0 Å². The molecule has 3 aromatic rings. The fraction of sp³-hybridized carbons (Fsp3) is 0.304. The van der Waals surface area contributed by atoms with E-state index >= 15 is 0 Å². The molecule has 0 radical (unpaired) electrons. The summed E-state index contributed by atoms with van der Waals surface area (Å²) >= 11 is 0. The molecule has 1 aliphatic rings. The SMILES string of the molecule is NCCCOc1cccc(C(=O)N2C[C@@H](O)[C@H](n3ccc4cc(C(N)=O)ccc43)C2)c1. The molecule has 2 atom stereocenters. The summed E-state index contributed by atoms with van der Waals surface area (Å²) < 4.78 is 7.59. The number of primary amides is 1. The minimum absolute atomic E-state index is 0.154. The molecule has 2 amide bonds. The molecule has 8 nitrogen and oxygen atoms in total. The van der Waals surface area contributed by atoms with Crippen molar-refractivity contribution in [2.75, 3.05) is 26.2 Å². The molecule has 0 spiro atoms. The average Bonchev–Trinajstić information content (AvgIpc) is 3.36. The molecular weight excluding hydrogens is 396 g/mol. The van der Waals surface area contributed by atoms with Crippen molar-refractivity contribution in [1.29, 1.82) is 0 Å². The number of nitrogens with zero attached hydrogens (tertiary/aromatic N) is 2. The van der Waals surface area contributed by atoms with Crippen molar-refractivity contribution >= 4 is 22.7 Å². The van der Waals surface area contributed by atoms with Gasteiger partial charge in [-0.3, -0.25) is 9.59 Å². The number of likely N-dealkylation sites (tertiary alicyclic amines) is 1. The third kappa shape index (κ3) is 4.26. The van der Waals surface area contributed by atoms with Crippen molar-refractivity contribution in [3.8, 4) is 5.75 Å². The first kappa shape index (κ1) is 20.9. The van der Waals surface area contributed by atoms with Gasteiger partial charge in [-0.2, -0.15) is 0 Å². The van der Waals surface area contributed by atoms with E-state index in [1.54, 1.807) is 41.3 Å². The molecule has 1 aliphatic heterocycles. The first-order valence-corrected chi connectivity index (χ1v) is 10.3. The Labute approximate surface area is 180 Å². The van der Waals surface area contributed by atoms with Gasteiger partial charge in [-0.25, -0.2) is 0 Å². The second-order valence-corrected chi connectivity index (χ2v) is 7.72. The van der Waals surface area contributed by atoms with Crippen LogP contribution in [0.4, 0.5) is 0 Å². The molecule has 162 valence electrons. The Bertz CT molecular complexity index is 1110. The van der Waals surface area contributed by atoms with Gasteiger partial charge in [0.2, 0.25) is 5.91 Å². The standard InChI is InChI=1S/C23H26N4O4/c24-8-2-10-31-18-4-1-3-17(12-18)23(30)26-13-20(21(28)14-26)27-9-7-15-11-16(22(25)29)5-6-19(15)27/h1,3-7,9,11-12,20-21,28H,2,8,10,13-14,24H2,(H2,25,29)/t20-,21-/m1/s1. The number of carbonyl (C=O) groups excluding carboxylic acids is 2. The van der Waals surface area contributed by atoms with Crippen LogP contribution in [-0.2, 0) is 0 Å². The van der Waals surface area contributed by atoms with Crippen LogP contribution in [0.25, 0.3) is 10.9 Å². The van der Waals surface area contributed by atoms with Crippen LogP contribution in [-0.4, -0.2) is 58.7 Å². The lowest BCUT2D eigenvalue weighted by atomic mass is 10.1. The molecule has 5 N–H and O–H groups in total. The van der Waals surface area contributed by atoms with E-state index in [4.69, 9.17) is 16.2 Å². The maximum absolute atomic E-state index is 13.1. The lowest BCUT2D eigenvalue weighted by molar-refractivity contribution is 0.0764. The Hall–Kier alpha value is -3.36. The van der Waals surface area contributed by atoms with Crippen molar-refractivity contribution in [2.45, 2.75) is 18.6 Å². The zero-order chi connectivity index (χ0) is 22.0. The van der Waals surface area contributed by atoms with E-state index in [1.165, 1.54) is 0 Å². The van der Waals surface area contributed by atoms with Gasteiger partial charge >= 0.3 is 0 Å². The number of carbonyl (C=O) groups is 2. The van der Waals surface area contributed by atoms with Crippen LogP contribution < -0.4 is 16.2 Å². The van der Waals surface area contributed by atoms with E-state index in [9.17, 15) is 14.7 Å². The van der Waals surface area contributed by atoms with Gasteiger partial charge in [0.05, 0.1) is 18.8 Å². The molecule has 8 heteroatoms. The van der Waals surface area contributed by atoms with Crippen molar-refractivity contribution in [3.63, 3.8) is 0 Å². The van der Waals surface area contributed by atoms with Crippen LogP contribution in [0.5, 0.6) is 5.75 Å². The highest BCUT2D eigenvalue weighted by Crippen LogP contribution is 2.29. The summed E-state index contributed by atoms with van der Waals surface area (Å²) in [7, 11) is 0. The number of rotatable bonds is 7. The molecule has 4 rings (SSSR count). The number of amides is 2. The topological polar surface area (TPSA) is 124 Å². The number of nitrogens with two attached hydrogens (primary N) is 2. The number of fused-ring (bicyclic) bond motifs is 1. The van der Waals surface area contributed by atoms with Crippen LogP contribution >= 0.6 is 0 Å². The number of β-amino-alcohol motifs (C(OH)–C–C–N with tert-alkyl or cyclic N) is 1. The van der Waals surface area contributed by atoms with Crippen molar-refractivity contribution in [3.05, 3.63) is 65.9 Å². The fourth-order valence-electron chi connectivity index (χ4n) is 3.99. The largest absolute Gasteiger partial charge is 0.494 e. The first-order valence-electron chi connectivity index (χ1n) is 10.3. The lowest BCUT2D eigenvalue weighted by Crippen LogP contribution is -2.29. The van der Waals surface area contributed by atoms with E-state index in [-0.39, 0.29) is 18.5 Å². The van der Waals surface area contributed by atoms with E-state index in [2.05, 4.69) is 0 Å². The summed E-state index contributed by atoms with van der Waals surface area (Å²) in [4.78, 5) is 26.1. The predicted octanol–water partition coefficient (Wildman–Crippen LogP) is 1.53. The highest BCUT2D eigenvalue weighted by Gasteiger charge is 2.36. The summed E-state index contributed by atoms with van der Waals surface area (Å²) in [5.74, 6) is -0.0166. The average molecular weight is 422 g/mol. The highest BCUT2D eigenvalue weighted by atomic mass is 16.5. The van der Waals surface area contributed by atoms with Gasteiger partial charge in [0, 0.05) is 41.3 Å². The number of hydrogen-bond donors (Lipinski definition) is 3. The molecule has 0 aliphatic carbocycles. The fourth-order valence-corrected chi connectivity index (χ4v) is 3.99. The van der Waals surface area contributed by atoms with E-state index in [0.29, 0.717) is 36.6 Å². The smallest absolute Gasteiger partial charge is 0.254 e. The second-order valence-electron chi connectivity index (χ2n) is 7.72. The lowest BCUT2D eigenvalue weighted by Gasteiger charge is -2.18. The number of ether oxygens (including phenoxy) is 1. The summed E-state index contributed by atoms with van der Waals surface area (Å²) in [6.07, 6.45) is 1.90. The minimum atomic E-state index is -0.709. The Balaban J connectivity index is 1.51. The Kier molecular flexibility index (Phi) is 5.92. The van der Waals surface area contributed by atoms with Gasteiger partial charge in [-0.05, 0) is 55.4 Å². The molecule has 31 heavy (non-hydrogen) atoms. The van der Waals surface area contributed by atoms with Gasteiger partial charge in [-0.1, -0.05) is 6.07 Å². The van der Waals surface area contributed by atoms with Gasteiger partial charge in [0.25, 0.3) is 5.91 Å². The molecule has 0 unspecified atom stereocenters. The number of benzene rings is 2. The number of aliphatic hydroxyl groups is 1. The summed E-state index contributed by atoms with van der Waals surface area (Å²) in [5.41, 5.74) is 12.7. The molecule has 1 saturated heterocycles. The number of hydrogen-bond acceptors (Lipinski definition) is 5. The quantitative estimate of drug-likeness (QED) is 0.498. The third-order valence-corrected chi connectivity index (χ3v) is 5.61. The molecule has 2 heterocycles.